The van der Waals surface area contributed by atoms with Crippen molar-refractivity contribution in [2.75, 3.05) is 39.3 Å². The first kappa shape index (κ1) is 17.6. The zero-order valence-electron chi connectivity index (χ0n) is 11.3. The summed E-state index contributed by atoms with van der Waals surface area (Å²) < 4.78 is 29.0. The zero-order valence-corrected chi connectivity index (χ0v) is 13.0. The quantitative estimate of drug-likeness (QED) is 0.618. The molecule has 8 nitrogen and oxygen atoms in total. The van der Waals surface area contributed by atoms with E-state index in [1.807, 2.05) is 6.92 Å². The number of ether oxygens (including phenoxy) is 1. The van der Waals surface area contributed by atoms with Gasteiger partial charge in [0.1, 0.15) is 6.04 Å². The highest BCUT2D eigenvalue weighted by molar-refractivity contribution is 7.86. The minimum Gasteiger partial charge on any atom is -0.375 e. The molecule has 2 atom stereocenters. The van der Waals surface area contributed by atoms with Gasteiger partial charge in [-0.1, -0.05) is 0 Å². The van der Waals surface area contributed by atoms with Crippen molar-refractivity contribution >= 4 is 28.5 Å². The van der Waals surface area contributed by atoms with Crippen LogP contribution in [0.5, 0.6) is 0 Å². The number of carbonyl (C=O) groups is 1. The first-order chi connectivity index (χ1) is 8.89. The van der Waals surface area contributed by atoms with Gasteiger partial charge in [-0.25, -0.2) is 5.14 Å². The number of hydrogen-bond donors (Lipinski definition) is 2. The summed E-state index contributed by atoms with van der Waals surface area (Å²) in [6, 6.07) is -0.352. The van der Waals surface area contributed by atoms with Gasteiger partial charge in [0.2, 0.25) is 5.91 Å². The second kappa shape index (κ2) is 7.01. The average molecular weight is 329 g/mol. The molecule has 1 amide bonds. The van der Waals surface area contributed by atoms with Crippen LogP contribution in [0.1, 0.15) is 6.92 Å². The molecule has 2 fully saturated rings. The molecule has 0 bridgehead atoms. The SMILES string of the molecule is C[C@H]1OCCN[C@@H]1C(=O)N1CCN(S(N)(=O)=O)CC1.Cl. The summed E-state index contributed by atoms with van der Waals surface area (Å²) >= 11 is 0. The smallest absolute Gasteiger partial charge is 0.277 e. The summed E-state index contributed by atoms with van der Waals surface area (Å²) in [6.45, 7) is 4.32. The molecule has 0 aromatic rings. The number of nitrogens with one attached hydrogen (secondary N) is 1. The maximum absolute atomic E-state index is 12.3. The molecule has 0 unspecified atom stereocenters. The van der Waals surface area contributed by atoms with Crippen LogP contribution in [0.25, 0.3) is 0 Å². The summed E-state index contributed by atoms with van der Waals surface area (Å²) in [5.41, 5.74) is 0. The summed E-state index contributed by atoms with van der Waals surface area (Å²) in [6.07, 6.45) is -0.169. The molecule has 2 heterocycles. The lowest BCUT2D eigenvalue weighted by Gasteiger charge is -2.37. The molecule has 0 aliphatic carbocycles. The predicted octanol–water partition coefficient (Wildman–Crippen LogP) is -1.87. The average Bonchev–Trinajstić information content (AvgIpc) is 2.38. The molecule has 0 spiro atoms. The van der Waals surface area contributed by atoms with E-state index in [1.165, 1.54) is 4.31 Å². The van der Waals surface area contributed by atoms with Crippen molar-refractivity contribution in [1.29, 1.82) is 0 Å². The second-order valence-corrected chi connectivity index (χ2v) is 6.32. The van der Waals surface area contributed by atoms with E-state index in [-0.39, 0.29) is 43.5 Å². The Morgan fingerprint density at radius 1 is 1.30 bits per heavy atom. The van der Waals surface area contributed by atoms with Gasteiger partial charge in [-0.05, 0) is 6.92 Å². The third kappa shape index (κ3) is 4.03. The van der Waals surface area contributed by atoms with Gasteiger partial charge in [-0.3, -0.25) is 4.79 Å². The van der Waals surface area contributed by atoms with E-state index >= 15 is 0 Å². The molecule has 20 heavy (non-hydrogen) atoms. The molecule has 118 valence electrons. The first-order valence-corrected chi connectivity index (χ1v) is 7.81. The fourth-order valence-electron chi connectivity index (χ4n) is 2.37. The summed E-state index contributed by atoms with van der Waals surface area (Å²) in [4.78, 5) is 14.0. The minimum atomic E-state index is -3.66. The Labute approximate surface area is 125 Å². The Morgan fingerprint density at radius 3 is 2.40 bits per heavy atom. The highest BCUT2D eigenvalue weighted by Crippen LogP contribution is 2.11. The van der Waals surface area contributed by atoms with Crippen molar-refractivity contribution in [3.05, 3.63) is 0 Å². The largest absolute Gasteiger partial charge is 0.375 e. The van der Waals surface area contributed by atoms with Gasteiger partial charge in [-0.2, -0.15) is 12.7 Å². The topological polar surface area (TPSA) is 105 Å². The number of piperazine rings is 1. The molecule has 10 heteroatoms. The monoisotopic (exact) mass is 328 g/mol. The number of carbonyl (C=O) groups excluding carboxylic acids is 1. The summed E-state index contributed by atoms with van der Waals surface area (Å²) in [5.74, 6) is -0.0405. The molecular weight excluding hydrogens is 308 g/mol. The van der Waals surface area contributed by atoms with Crippen LogP contribution in [0.4, 0.5) is 0 Å². The van der Waals surface area contributed by atoms with Crippen molar-refractivity contribution in [2.24, 2.45) is 5.14 Å². The lowest BCUT2D eigenvalue weighted by atomic mass is 10.1. The molecule has 2 saturated heterocycles. The summed E-state index contributed by atoms with van der Waals surface area (Å²) in [5, 5.41) is 8.19. The molecular formula is C10H21ClN4O4S. The molecule has 0 aromatic heterocycles. The minimum absolute atomic E-state index is 0. The third-order valence-electron chi connectivity index (χ3n) is 3.49. The maximum Gasteiger partial charge on any atom is 0.277 e. The van der Waals surface area contributed by atoms with Crippen molar-refractivity contribution in [2.45, 2.75) is 19.1 Å². The van der Waals surface area contributed by atoms with Gasteiger partial charge in [0, 0.05) is 32.7 Å². The van der Waals surface area contributed by atoms with E-state index in [2.05, 4.69) is 5.32 Å². The van der Waals surface area contributed by atoms with Crippen molar-refractivity contribution in [3.63, 3.8) is 0 Å². The molecule has 2 rings (SSSR count). The van der Waals surface area contributed by atoms with Crippen molar-refractivity contribution in [1.82, 2.24) is 14.5 Å². The second-order valence-electron chi connectivity index (χ2n) is 4.78. The van der Waals surface area contributed by atoms with Crippen LogP contribution in [-0.4, -0.2) is 75.0 Å². The van der Waals surface area contributed by atoms with Gasteiger partial charge in [0.25, 0.3) is 10.2 Å². The summed E-state index contributed by atoms with van der Waals surface area (Å²) in [7, 11) is -3.66. The van der Waals surface area contributed by atoms with Crippen LogP contribution in [0.2, 0.25) is 0 Å². The Kier molecular flexibility index (Phi) is 6.17. The number of hydrogen-bond acceptors (Lipinski definition) is 5. The molecule has 0 radical (unpaired) electrons. The van der Waals surface area contributed by atoms with Crippen LogP contribution in [0, 0.1) is 0 Å². The Morgan fingerprint density at radius 2 is 1.90 bits per heavy atom. The number of halogens is 1. The molecule has 0 saturated carbocycles. The predicted molar refractivity (Wildman–Crippen MR) is 75.7 cm³/mol. The number of rotatable bonds is 2. The van der Waals surface area contributed by atoms with Crippen LogP contribution in [0.3, 0.4) is 0 Å². The number of amides is 1. The lowest BCUT2D eigenvalue weighted by Crippen LogP contribution is -2.60. The Hall–Kier alpha value is -0.450. The van der Waals surface area contributed by atoms with E-state index in [0.29, 0.717) is 26.2 Å². The van der Waals surface area contributed by atoms with E-state index in [9.17, 15) is 13.2 Å². The lowest BCUT2D eigenvalue weighted by molar-refractivity contribution is -0.140. The van der Waals surface area contributed by atoms with E-state index in [0.717, 1.165) is 0 Å². The maximum atomic E-state index is 12.3. The van der Waals surface area contributed by atoms with Crippen LogP contribution in [0.15, 0.2) is 0 Å². The van der Waals surface area contributed by atoms with E-state index < -0.39 is 10.2 Å². The highest BCUT2D eigenvalue weighted by atomic mass is 35.5. The van der Waals surface area contributed by atoms with Gasteiger partial charge < -0.3 is 15.0 Å². The molecule has 2 aliphatic heterocycles. The third-order valence-corrected chi connectivity index (χ3v) is 4.58. The molecule has 3 N–H and O–H groups in total. The van der Waals surface area contributed by atoms with Gasteiger partial charge in [0.05, 0.1) is 12.7 Å². The van der Waals surface area contributed by atoms with Crippen LogP contribution in [-0.2, 0) is 19.7 Å². The van der Waals surface area contributed by atoms with Gasteiger partial charge in [-0.15, -0.1) is 12.4 Å². The number of nitrogens with two attached hydrogens (primary N) is 1. The van der Waals surface area contributed by atoms with E-state index in [1.54, 1.807) is 4.90 Å². The van der Waals surface area contributed by atoms with Crippen LogP contribution >= 0.6 is 12.4 Å². The zero-order chi connectivity index (χ0) is 14.0. The van der Waals surface area contributed by atoms with Gasteiger partial charge >= 0.3 is 0 Å². The van der Waals surface area contributed by atoms with Crippen molar-refractivity contribution < 1.29 is 17.9 Å². The highest BCUT2D eigenvalue weighted by Gasteiger charge is 2.34. The van der Waals surface area contributed by atoms with Crippen LogP contribution < -0.4 is 10.5 Å². The number of nitrogens with zero attached hydrogens (tertiary/aromatic N) is 2. The standard InChI is InChI=1S/C10H20N4O4S.ClH/c1-8-9(12-2-7-18-8)10(15)13-3-5-14(6-4-13)19(11,16)17;/h8-9,12H,2-7H2,1H3,(H2,11,16,17);1H/t8-,9+;/m1./s1. The van der Waals surface area contributed by atoms with Crippen molar-refractivity contribution in [3.8, 4) is 0 Å². The molecule has 2 aliphatic rings. The Balaban J connectivity index is 0.00000200. The first-order valence-electron chi connectivity index (χ1n) is 6.31. The van der Waals surface area contributed by atoms with Gasteiger partial charge in [0.15, 0.2) is 0 Å². The number of morpholine rings is 1. The fourth-order valence-corrected chi connectivity index (χ4v) is 3.04. The Bertz CT molecular complexity index is 439. The molecule has 0 aromatic carbocycles. The normalized spacial score (nSPS) is 28.8. The fraction of sp³-hybridized carbons (Fsp3) is 0.900. The van der Waals surface area contributed by atoms with E-state index in [4.69, 9.17) is 9.88 Å².